The molecule has 0 spiro atoms. The average Bonchev–Trinajstić information content (AvgIpc) is 2.22. The molecule has 1 aromatic rings. The van der Waals surface area contributed by atoms with Gasteiger partial charge in [-0.15, -0.1) is 0 Å². The zero-order valence-corrected chi connectivity index (χ0v) is 9.17. The molecule has 0 amide bonds. The first-order valence-corrected chi connectivity index (χ1v) is 5.10. The highest BCUT2D eigenvalue weighted by Gasteiger charge is 2.26. The Labute approximate surface area is 97.3 Å². The molecule has 0 aliphatic carbocycles. The molecule has 0 saturated carbocycles. The summed E-state index contributed by atoms with van der Waals surface area (Å²) in [5, 5.41) is 0. The Morgan fingerprint density at radius 3 is 2.53 bits per heavy atom. The summed E-state index contributed by atoms with van der Waals surface area (Å²) >= 11 is 0. The van der Waals surface area contributed by atoms with Gasteiger partial charge in [0.25, 0.3) is 0 Å². The number of nitrogens with two attached hydrogens (primary N) is 1. The Hall–Kier alpha value is -1.43. The highest BCUT2D eigenvalue weighted by Crippen LogP contribution is 2.19. The summed E-state index contributed by atoms with van der Waals surface area (Å²) in [6.07, 6.45) is -5.11. The van der Waals surface area contributed by atoms with Crippen LogP contribution in [0.2, 0.25) is 0 Å². The number of benzene rings is 1. The molecule has 0 unspecified atom stereocenters. The van der Waals surface area contributed by atoms with E-state index in [1.807, 2.05) is 0 Å². The summed E-state index contributed by atoms with van der Waals surface area (Å²) < 4.78 is 45.3. The third-order valence-corrected chi connectivity index (χ3v) is 1.88. The van der Waals surface area contributed by atoms with E-state index >= 15 is 0 Å². The van der Waals surface area contributed by atoms with Crippen LogP contribution in [0.4, 0.5) is 18.9 Å². The van der Waals surface area contributed by atoms with Crippen LogP contribution in [-0.4, -0.2) is 26.0 Å². The molecule has 2 N–H and O–H groups in total. The highest BCUT2D eigenvalue weighted by atomic mass is 19.4. The van der Waals surface area contributed by atoms with Crippen molar-refractivity contribution in [3.05, 3.63) is 24.3 Å². The summed E-state index contributed by atoms with van der Waals surface area (Å²) in [4.78, 5) is 0. The van der Waals surface area contributed by atoms with E-state index in [1.54, 1.807) is 24.3 Å². The Morgan fingerprint density at radius 2 is 1.88 bits per heavy atom. The van der Waals surface area contributed by atoms with Crippen molar-refractivity contribution in [2.45, 2.75) is 12.6 Å². The minimum absolute atomic E-state index is 0.116. The lowest BCUT2D eigenvalue weighted by Gasteiger charge is -2.08. The number of rotatable bonds is 6. The van der Waals surface area contributed by atoms with Crippen molar-refractivity contribution in [1.29, 1.82) is 0 Å². The standard InChI is InChI=1S/C11H14F3NO2/c12-11(13,14)4-5-16-6-7-17-10-3-1-2-9(15)8-10/h1-3,8H,4-7,15H2. The van der Waals surface area contributed by atoms with Crippen LogP contribution < -0.4 is 10.5 Å². The average molecular weight is 249 g/mol. The van der Waals surface area contributed by atoms with Gasteiger partial charge < -0.3 is 15.2 Å². The lowest BCUT2D eigenvalue weighted by Crippen LogP contribution is -2.14. The lowest BCUT2D eigenvalue weighted by atomic mass is 10.3. The Bertz CT molecular complexity index is 342. The topological polar surface area (TPSA) is 44.5 Å². The molecule has 0 radical (unpaired) electrons. The molecule has 0 fully saturated rings. The summed E-state index contributed by atoms with van der Waals surface area (Å²) in [5.41, 5.74) is 6.09. The third kappa shape index (κ3) is 6.68. The molecule has 1 aromatic carbocycles. The summed E-state index contributed by atoms with van der Waals surface area (Å²) in [7, 11) is 0. The molecule has 1 rings (SSSR count). The molecule has 0 atom stereocenters. The van der Waals surface area contributed by atoms with Crippen LogP contribution in [-0.2, 0) is 4.74 Å². The van der Waals surface area contributed by atoms with E-state index in [0.717, 1.165) is 0 Å². The van der Waals surface area contributed by atoms with Gasteiger partial charge in [-0.2, -0.15) is 13.2 Å². The van der Waals surface area contributed by atoms with Gasteiger partial charge in [0.1, 0.15) is 12.4 Å². The molecule has 0 aromatic heterocycles. The van der Waals surface area contributed by atoms with Gasteiger partial charge in [0.05, 0.1) is 19.6 Å². The number of alkyl halides is 3. The van der Waals surface area contributed by atoms with Crippen molar-refractivity contribution in [1.82, 2.24) is 0 Å². The first kappa shape index (κ1) is 13.6. The zero-order chi connectivity index (χ0) is 12.7. The number of anilines is 1. The van der Waals surface area contributed by atoms with Crippen molar-refractivity contribution in [2.24, 2.45) is 0 Å². The largest absolute Gasteiger partial charge is 0.491 e. The van der Waals surface area contributed by atoms with Crippen molar-refractivity contribution in [2.75, 3.05) is 25.6 Å². The predicted molar refractivity (Wildman–Crippen MR) is 57.8 cm³/mol. The zero-order valence-electron chi connectivity index (χ0n) is 9.17. The molecular weight excluding hydrogens is 235 g/mol. The maximum absolute atomic E-state index is 11.7. The number of nitrogen functional groups attached to an aromatic ring is 1. The van der Waals surface area contributed by atoms with E-state index in [-0.39, 0.29) is 19.8 Å². The van der Waals surface area contributed by atoms with Crippen LogP contribution in [0, 0.1) is 0 Å². The molecule has 0 saturated heterocycles. The normalized spacial score (nSPS) is 11.5. The minimum Gasteiger partial charge on any atom is -0.491 e. The van der Waals surface area contributed by atoms with Gasteiger partial charge in [-0.25, -0.2) is 0 Å². The van der Waals surface area contributed by atoms with Gasteiger partial charge >= 0.3 is 6.18 Å². The van der Waals surface area contributed by atoms with Crippen LogP contribution >= 0.6 is 0 Å². The second kappa shape index (κ2) is 6.34. The molecule has 0 heterocycles. The highest BCUT2D eigenvalue weighted by molar-refractivity contribution is 5.43. The first-order chi connectivity index (χ1) is 7.97. The van der Waals surface area contributed by atoms with Crippen LogP contribution in [0.15, 0.2) is 24.3 Å². The number of hydrogen-bond acceptors (Lipinski definition) is 3. The van der Waals surface area contributed by atoms with Crippen molar-refractivity contribution in [3.63, 3.8) is 0 Å². The van der Waals surface area contributed by atoms with Crippen molar-refractivity contribution in [3.8, 4) is 5.75 Å². The molecule has 6 heteroatoms. The third-order valence-electron chi connectivity index (χ3n) is 1.88. The van der Waals surface area contributed by atoms with Crippen LogP contribution in [0.3, 0.4) is 0 Å². The van der Waals surface area contributed by atoms with E-state index in [1.165, 1.54) is 0 Å². The molecule has 0 aliphatic rings. The van der Waals surface area contributed by atoms with Crippen LogP contribution in [0.5, 0.6) is 5.75 Å². The fourth-order valence-electron chi connectivity index (χ4n) is 1.11. The second-order valence-electron chi connectivity index (χ2n) is 3.40. The van der Waals surface area contributed by atoms with E-state index in [0.29, 0.717) is 11.4 Å². The number of hydrogen-bond donors (Lipinski definition) is 1. The molecular formula is C11H14F3NO2. The quantitative estimate of drug-likeness (QED) is 0.622. The fourth-order valence-corrected chi connectivity index (χ4v) is 1.11. The summed E-state index contributed by atoms with van der Waals surface area (Å²) in [6.45, 7) is -0.0318. The Kier molecular flexibility index (Phi) is 5.09. The predicted octanol–water partition coefficient (Wildman–Crippen LogP) is 2.62. The minimum atomic E-state index is -4.17. The molecule has 0 bridgehead atoms. The van der Waals surface area contributed by atoms with Gasteiger partial charge in [0.2, 0.25) is 0 Å². The van der Waals surface area contributed by atoms with Gasteiger partial charge in [-0.3, -0.25) is 0 Å². The Morgan fingerprint density at radius 1 is 1.12 bits per heavy atom. The van der Waals surface area contributed by atoms with Gasteiger partial charge in [0, 0.05) is 11.8 Å². The van der Waals surface area contributed by atoms with Crippen molar-refractivity contribution >= 4 is 5.69 Å². The van der Waals surface area contributed by atoms with Gasteiger partial charge in [-0.1, -0.05) is 6.07 Å². The van der Waals surface area contributed by atoms with E-state index in [2.05, 4.69) is 0 Å². The molecule has 17 heavy (non-hydrogen) atoms. The van der Waals surface area contributed by atoms with Gasteiger partial charge in [0.15, 0.2) is 0 Å². The second-order valence-corrected chi connectivity index (χ2v) is 3.40. The molecule has 96 valence electrons. The summed E-state index contributed by atoms with van der Waals surface area (Å²) in [6, 6.07) is 6.80. The first-order valence-electron chi connectivity index (χ1n) is 5.10. The smallest absolute Gasteiger partial charge is 0.391 e. The molecule has 3 nitrogen and oxygen atoms in total. The maximum Gasteiger partial charge on any atom is 0.391 e. The van der Waals surface area contributed by atoms with Gasteiger partial charge in [-0.05, 0) is 12.1 Å². The Balaban J connectivity index is 2.09. The van der Waals surface area contributed by atoms with E-state index in [9.17, 15) is 13.2 Å². The van der Waals surface area contributed by atoms with Crippen LogP contribution in [0.25, 0.3) is 0 Å². The maximum atomic E-state index is 11.7. The molecule has 0 aliphatic heterocycles. The fraction of sp³-hybridized carbons (Fsp3) is 0.455. The van der Waals surface area contributed by atoms with E-state index in [4.69, 9.17) is 15.2 Å². The monoisotopic (exact) mass is 249 g/mol. The number of ether oxygens (including phenoxy) is 2. The van der Waals surface area contributed by atoms with E-state index < -0.39 is 12.6 Å². The SMILES string of the molecule is Nc1cccc(OCCOCCC(F)(F)F)c1. The van der Waals surface area contributed by atoms with Crippen molar-refractivity contribution < 1.29 is 22.6 Å². The number of halogens is 3. The lowest BCUT2D eigenvalue weighted by molar-refractivity contribution is -0.145. The van der Waals surface area contributed by atoms with Crippen LogP contribution in [0.1, 0.15) is 6.42 Å². The summed E-state index contributed by atoms with van der Waals surface area (Å²) in [5.74, 6) is 0.574.